The van der Waals surface area contributed by atoms with Crippen molar-refractivity contribution >= 4 is 54.8 Å². The highest BCUT2D eigenvalue weighted by Gasteiger charge is 2.20. The standard InChI is InChI=1S/C22H24BrFN6O4S/c1-13-9-14(24)10-19(35(25,31)32)20(13)28-21-16(23)12-26-22(29-21)27-17-4-3-15(11-18(17)33-2)30-5-7-34-8-6-30/h3-4,9-12H,5-8H2,1-2H3,(H2,25,31,32)(H2,26,27,28,29). The van der Waals surface area contributed by atoms with Gasteiger partial charge < -0.3 is 25.0 Å². The highest BCUT2D eigenvalue weighted by atomic mass is 79.9. The van der Waals surface area contributed by atoms with Gasteiger partial charge in [0.25, 0.3) is 0 Å². The Morgan fingerprint density at radius 3 is 2.63 bits per heavy atom. The monoisotopic (exact) mass is 566 g/mol. The van der Waals surface area contributed by atoms with Gasteiger partial charge in [-0.25, -0.2) is 22.9 Å². The molecule has 0 spiro atoms. The SMILES string of the molecule is COc1cc(N2CCOCC2)ccc1Nc1ncc(Br)c(Nc2c(C)cc(F)cc2S(N)(=O)=O)n1. The first-order valence-corrected chi connectivity index (χ1v) is 12.9. The average Bonchev–Trinajstić information content (AvgIpc) is 2.82. The largest absolute Gasteiger partial charge is 0.494 e. The molecule has 0 amide bonds. The third-order valence-electron chi connectivity index (χ3n) is 5.37. The number of sulfonamides is 1. The van der Waals surface area contributed by atoms with Crippen LogP contribution in [0.1, 0.15) is 5.56 Å². The van der Waals surface area contributed by atoms with Crippen LogP contribution in [0.15, 0.2) is 45.9 Å². The Bertz CT molecular complexity index is 1350. The number of nitrogens with one attached hydrogen (secondary N) is 2. The molecule has 0 aliphatic carbocycles. The van der Waals surface area contributed by atoms with Crippen LogP contribution in [0.25, 0.3) is 0 Å². The number of anilines is 5. The van der Waals surface area contributed by atoms with Crippen LogP contribution in [-0.4, -0.2) is 51.8 Å². The average molecular weight is 567 g/mol. The molecule has 1 aliphatic heterocycles. The van der Waals surface area contributed by atoms with Gasteiger partial charge in [0.05, 0.1) is 36.2 Å². The van der Waals surface area contributed by atoms with Crippen molar-refractivity contribution in [1.29, 1.82) is 0 Å². The Morgan fingerprint density at radius 2 is 1.94 bits per heavy atom. The maximum atomic E-state index is 13.9. The number of benzene rings is 2. The van der Waals surface area contributed by atoms with Crippen LogP contribution in [0.4, 0.5) is 33.2 Å². The van der Waals surface area contributed by atoms with Crippen LogP contribution < -0.4 is 25.4 Å². The molecule has 35 heavy (non-hydrogen) atoms. The number of nitrogens with two attached hydrogens (primary N) is 1. The van der Waals surface area contributed by atoms with E-state index < -0.39 is 15.8 Å². The van der Waals surface area contributed by atoms with E-state index >= 15 is 0 Å². The number of rotatable bonds is 7. The Hall–Kier alpha value is -3.00. The van der Waals surface area contributed by atoms with E-state index in [4.69, 9.17) is 14.6 Å². The minimum atomic E-state index is -4.20. The minimum Gasteiger partial charge on any atom is -0.494 e. The maximum absolute atomic E-state index is 13.9. The number of aromatic nitrogens is 2. The number of aryl methyl sites for hydroxylation is 1. The van der Waals surface area contributed by atoms with E-state index in [9.17, 15) is 12.8 Å². The summed E-state index contributed by atoms with van der Waals surface area (Å²) in [6, 6.07) is 7.82. The molecule has 3 aromatic rings. The summed E-state index contributed by atoms with van der Waals surface area (Å²) in [7, 11) is -2.62. The Labute approximate surface area is 210 Å². The van der Waals surface area contributed by atoms with Crippen LogP contribution in [0.2, 0.25) is 0 Å². The number of hydrogen-bond donors (Lipinski definition) is 3. The lowest BCUT2D eigenvalue weighted by molar-refractivity contribution is 0.122. The molecule has 0 bridgehead atoms. The van der Waals surface area contributed by atoms with Crippen molar-refractivity contribution in [3.63, 3.8) is 0 Å². The van der Waals surface area contributed by atoms with E-state index in [1.54, 1.807) is 14.0 Å². The van der Waals surface area contributed by atoms with Gasteiger partial charge in [-0.05, 0) is 52.7 Å². The second-order valence-electron chi connectivity index (χ2n) is 7.76. The van der Waals surface area contributed by atoms with Crippen molar-refractivity contribution in [3.8, 4) is 5.75 Å². The second kappa shape index (κ2) is 10.3. The fourth-order valence-electron chi connectivity index (χ4n) is 3.65. The van der Waals surface area contributed by atoms with Gasteiger partial charge in [0, 0.05) is 31.0 Å². The van der Waals surface area contributed by atoms with Crippen molar-refractivity contribution in [1.82, 2.24) is 9.97 Å². The van der Waals surface area contributed by atoms with Gasteiger partial charge in [-0.1, -0.05) is 0 Å². The normalized spacial score (nSPS) is 14.0. The summed E-state index contributed by atoms with van der Waals surface area (Å²) in [5.41, 5.74) is 2.11. The third-order valence-corrected chi connectivity index (χ3v) is 6.88. The molecule has 2 aromatic carbocycles. The molecule has 4 rings (SSSR count). The lowest BCUT2D eigenvalue weighted by Gasteiger charge is -2.29. The molecule has 0 radical (unpaired) electrons. The zero-order chi connectivity index (χ0) is 25.2. The molecule has 0 atom stereocenters. The lowest BCUT2D eigenvalue weighted by Crippen LogP contribution is -2.36. The molecule has 0 unspecified atom stereocenters. The van der Waals surface area contributed by atoms with Gasteiger partial charge in [-0.15, -0.1) is 0 Å². The van der Waals surface area contributed by atoms with Gasteiger partial charge in [0.1, 0.15) is 22.3 Å². The van der Waals surface area contributed by atoms with Crippen LogP contribution in [0, 0.1) is 12.7 Å². The van der Waals surface area contributed by atoms with Gasteiger partial charge in [0.2, 0.25) is 16.0 Å². The van der Waals surface area contributed by atoms with Crippen LogP contribution in [0.3, 0.4) is 0 Å². The van der Waals surface area contributed by atoms with Gasteiger partial charge in [-0.3, -0.25) is 0 Å². The topological polar surface area (TPSA) is 132 Å². The number of ether oxygens (including phenoxy) is 2. The van der Waals surface area contributed by atoms with E-state index in [2.05, 4.69) is 41.4 Å². The summed E-state index contributed by atoms with van der Waals surface area (Å²) in [6.45, 7) is 4.50. The number of primary sulfonamides is 1. The molecule has 13 heteroatoms. The fraction of sp³-hybridized carbons (Fsp3) is 0.273. The van der Waals surface area contributed by atoms with Crippen molar-refractivity contribution in [2.24, 2.45) is 5.14 Å². The van der Waals surface area contributed by atoms with Gasteiger partial charge >= 0.3 is 0 Å². The molecular weight excluding hydrogens is 543 g/mol. The molecule has 2 heterocycles. The summed E-state index contributed by atoms with van der Waals surface area (Å²) in [6.07, 6.45) is 1.50. The Balaban J connectivity index is 1.63. The van der Waals surface area contributed by atoms with Crippen LogP contribution in [-0.2, 0) is 14.8 Å². The number of hydrogen-bond acceptors (Lipinski definition) is 9. The Kier molecular flexibility index (Phi) is 7.40. The maximum Gasteiger partial charge on any atom is 0.240 e. The highest BCUT2D eigenvalue weighted by Crippen LogP contribution is 2.34. The predicted molar refractivity (Wildman–Crippen MR) is 135 cm³/mol. The zero-order valence-electron chi connectivity index (χ0n) is 19.0. The van der Waals surface area contributed by atoms with Gasteiger partial charge in [0.15, 0.2) is 0 Å². The lowest BCUT2D eigenvalue weighted by atomic mass is 10.2. The predicted octanol–water partition coefficient (Wildman–Crippen LogP) is 3.67. The quantitative estimate of drug-likeness (QED) is 0.391. The fourth-order valence-corrected chi connectivity index (χ4v) is 4.72. The zero-order valence-corrected chi connectivity index (χ0v) is 21.4. The number of nitrogens with zero attached hydrogens (tertiary/aromatic N) is 3. The molecule has 186 valence electrons. The summed E-state index contributed by atoms with van der Waals surface area (Å²) < 4.78 is 49.4. The number of methoxy groups -OCH3 is 1. The first-order chi connectivity index (χ1) is 16.7. The van der Waals surface area contributed by atoms with E-state index in [0.29, 0.717) is 34.7 Å². The first-order valence-electron chi connectivity index (χ1n) is 10.6. The molecular formula is C22H24BrFN6O4S. The molecule has 1 fully saturated rings. The minimum absolute atomic E-state index is 0.117. The summed E-state index contributed by atoms with van der Waals surface area (Å²) in [5, 5.41) is 11.4. The van der Waals surface area contributed by atoms with E-state index in [1.165, 1.54) is 12.3 Å². The van der Waals surface area contributed by atoms with E-state index in [-0.39, 0.29) is 22.3 Å². The summed E-state index contributed by atoms with van der Waals surface area (Å²) in [4.78, 5) is 10.6. The molecule has 10 nitrogen and oxygen atoms in total. The third kappa shape index (κ3) is 5.81. The summed E-state index contributed by atoms with van der Waals surface area (Å²) in [5.74, 6) is 0.366. The van der Waals surface area contributed by atoms with E-state index in [0.717, 1.165) is 24.8 Å². The van der Waals surface area contributed by atoms with Crippen molar-refractivity contribution in [2.45, 2.75) is 11.8 Å². The van der Waals surface area contributed by atoms with Crippen LogP contribution in [0.5, 0.6) is 5.75 Å². The number of halogens is 2. The summed E-state index contributed by atoms with van der Waals surface area (Å²) >= 11 is 3.36. The Morgan fingerprint density at radius 1 is 1.20 bits per heavy atom. The van der Waals surface area contributed by atoms with Crippen molar-refractivity contribution in [3.05, 3.63) is 52.4 Å². The van der Waals surface area contributed by atoms with Crippen LogP contribution >= 0.6 is 15.9 Å². The van der Waals surface area contributed by atoms with Crippen molar-refractivity contribution < 1.29 is 22.3 Å². The molecule has 1 aliphatic rings. The van der Waals surface area contributed by atoms with E-state index in [1.807, 2.05) is 18.2 Å². The molecule has 1 saturated heterocycles. The number of morpholine rings is 1. The molecule has 0 saturated carbocycles. The van der Waals surface area contributed by atoms with Crippen molar-refractivity contribution in [2.75, 3.05) is 48.9 Å². The van der Waals surface area contributed by atoms with Gasteiger partial charge in [-0.2, -0.15) is 4.98 Å². The molecule has 1 aromatic heterocycles. The molecule has 4 N–H and O–H groups in total. The highest BCUT2D eigenvalue weighted by molar-refractivity contribution is 9.10. The second-order valence-corrected chi connectivity index (χ2v) is 10.1. The first kappa shape index (κ1) is 25.1. The smallest absolute Gasteiger partial charge is 0.240 e.